The van der Waals surface area contributed by atoms with Gasteiger partial charge in [0.25, 0.3) is 0 Å². The highest BCUT2D eigenvalue weighted by atomic mass is 16.2. The summed E-state index contributed by atoms with van der Waals surface area (Å²) >= 11 is 0. The summed E-state index contributed by atoms with van der Waals surface area (Å²) in [7, 11) is 0. The predicted octanol–water partition coefficient (Wildman–Crippen LogP) is 3.88. The molecule has 0 unspecified atom stereocenters. The number of carbonyl (C=O) groups is 2. The van der Waals surface area contributed by atoms with Gasteiger partial charge in [-0.3, -0.25) is 4.79 Å². The highest BCUT2D eigenvalue weighted by Crippen LogP contribution is 2.17. The van der Waals surface area contributed by atoms with E-state index in [-0.39, 0.29) is 12.5 Å². The van der Waals surface area contributed by atoms with E-state index in [0.29, 0.717) is 17.3 Å². The van der Waals surface area contributed by atoms with Gasteiger partial charge in [0.15, 0.2) is 0 Å². The molecule has 2 aromatic rings. The van der Waals surface area contributed by atoms with Gasteiger partial charge in [0.1, 0.15) is 0 Å². The molecule has 2 rings (SSSR count). The molecule has 0 aliphatic carbocycles. The number of rotatable bonds is 5. The van der Waals surface area contributed by atoms with Crippen LogP contribution in [0.3, 0.4) is 0 Å². The molecular formula is C19H23N3O2. The topological polar surface area (TPSA) is 70.2 Å². The molecule has 0 atom stereocenters. The third kappa shape index (κ3) is 5.43. The lowest BCUT2D eigenvalue weighted by Gasteiger charge is -2.10. The fourth-order valence-corrected chi connectivity index (χ4v) is 2.22. The first-order chi connectivity index (χ1) is 11.4. The molecule has 0 radical (unpaired) electrons. The molecule has 0 heterocycles. The second kappa shape index (κ2) is 8.15. The summed E-state index contributed by atoms with van der Waals surface area (Å²) in [6.07, 6.45) is 0. The number of aryl methyl sites for hydroxylation is 1. The normalized spacial score (nSPS) is 10.3. The molecule has 0 aliphatic rings. The zero-order valence-corrected chi connectivity index (χ0v) is 14.2. The van der Waals surface area contributed by atoms with Gasteiger partial charge in [-0.05, 0) is 48.2 Å². The van der Waals surface area contributed by atoms with E-state index >= 15 is 0 Å². The highest BCUT2D eigenvalue weighted by molar-refractivity contribution is 5.96. The Bertz CT molecular complexity index is 709. The molecule has 3 N–H and O–H groups in total. The van der Waals surface area contributed by atoms with Gasteiger partial charge >= 0.3 is 6.03 Å². The Morgan fingerprint density at radius 3 is 2.29 bits per heavy atom. The molecule has 24 heavy (non-hydrogen) atoms. The van der Waals surface area contributed by atoms with Crippen LogP contribution in [0.15, 0.2) is 48.5 Å². The molecule has 0 aromatic heterocycles. The standard InChI is InChI=1S/C19H23N3O2/c1-13(2)15-7-9-16(10-8-15)22-19(24)20-12-18(23)21-17-6-4-5-14(3)11-17/h4-11,13H,12H2,1-3H3,(H,21,23)(H2,20,22,24). The van der Waals surface area contributed by atoms with Crippen molar-refractivity contribution in [2.24, 2.45) is 0 Å². The minimum Gasteiger partial charge on any atom is -0.329 e. The molecule has 0 saturated heterocycles. The maximum Gasteiger partial charge on any atom is 0.319 e. The summed E-state index contributed by atoms with van der Waals surface area (Å²) in [5.74, 6) is 0.170. The van der Waals surface area contributed by atoms with Gasteiger partial charge in [0, 0.05) is 11.4 Å². The van der Waals surface area contributed by atoms with Crippen LogP contribution in [-0.4, -0.2) is 18.5 Å². The van der Waals surface area contributed by atoms with Crippen LogP contribution in [-0.2, 0) is 4.79 Å². The molecule has 0 fully saturated rings. The molecular weight excluding hydrogens is 302 g/mol. The summed E-state index contributed by atoms with van der Waals surface area (Å²) in [5.41, 5.74) is 3.67. The summed E-state index contributed by atoms with van der Waals surface area (Å²) in [4.78, 5) is 23.7. The average Bonchev–Trinajstić information content (AvgIpc) is 2.53. The summed E-state index contributed by atoms with van der Waals surface area (Å²) < 4.78 is 0. The molecule has 2 aromatic carbocycles. The lowest BCUT2D eigenvalue weighted by molar-refractivity contribution is -0.115. The fraction of sp³-hybridized carbons (Fsp3) is 0.263. The maximum absolute atomic E-state index is 11.8. The average molecular weight is 325 g/mol. The fourth-order valence-electron chi connectivity index (χ4n) is 2.22. The Morgan fingerprint density at radius 2 is 1.67 bits per heavy atom. The van der Waals surface area contributed by atoms with E-state index in [4.69, 9.17) is 0 Å². The molecule has 0 spiro atoms. The number of hydrogen-bond donors (Lipinski definition) is 3. The number of benzene rings is 2. The minimum absolute atomic E-state index is 0.0934. The molecule has 3 amide bonds. The molecule has 0 saturated carbocycles. The summed E-state index contributed by atoms with van der Waals surface area (Å²) in [6, 6.07) is 14.7. The zero-order valence-electron chi connectivity index (χ0n) is 14.2. The third-order valence-corrected chi connectivity index (χ3v) is 3.55. The Balaban J connectivity index is 1.79. The van der Waals surface area contributed by atoms with Gasteiger partial charge < -0.3 is 16.0 Å². The molecule has 5 heteroatoms. The van der Waals surface area contributed by atoms with Gasteiger partial charge in [-0.15, -0.1) is 0 Å². The van der Waals surface area contributed by atoms with Crippen molar-refractivity contribution in [2.75, 3.05) is 17.2 Å². The van der Waals surface area contributed by atoms with Crippen molar-refractivity contribution in [3.63, 3.8) is 0 Å². The van der Waals surface area contributed by atoms with Crippen LogP contribution in [0.5, 0.6) is 0 Å². The maximum atomic E-state index is 11.8. The van der Waals surface area contributed by atoms with Crippen molar-refractivity contribution in [2.45, 2.75) is 26.7 Å². The van der Waals surface area contributed by atoms with Crippen molar-refractivity contribution in [1.82, 2.24) is 5.32 Å². The Morgan fingerprint density at radius 1 is 0.958 bits per heavy atom. The Hall–Kier alpha value is -2.82. The second-order valence-electron chi connectivity index (χ2n) is 6.00. The monoisotopic (exact) mass is 325 g/mol. The molecule has 126 valence electrons. The first-order valence-corrected chi connectivity index (χ1v) is 7.95. The van der Waals surface area contributed by atoms with Crippen molar-refractivity contribution in [3.05, 3.63) is 59.7 Å². The zero-order chi connectivity index (χ0) is 17.5. The number of hydrogen-bond acceptors (Lipinski definition) is 2. The van der Waals surface area contributed by atoms with Crippen LogP contribution >= 0.6 is 0 Å². The van der Waals surface area contributed by atoms with Crippen molar-refractivity contribution >= 4 is 23.3 Å². The number of urea groups is 1. The quantitative estimate of drug-likeness (QED) is 0.781. The molecule has 0 aliphatic heterocycles. The van der Waals surface area contributed by atoms with E-state index in [1.54, 1.807) is 6.07 Å². The highest BCUT2D eigenvalue weighted by Gasteiger charge is 2.07. The number of anilines is 2. The Kier molecular flexibility index (Phi) is 5.95. The molecule has 0 bridgehead atoms. The van der Waals surface area contributed by atoms with Crippen LogP contribution < -0.4 is 16.0 Å². The van der Waals surface area contributed by atoms with E-state index in [2.05, 4.69) is 29.8 Å². The van der Waals surface area contributed by atoms with Crippen LogP contribution in [0.25, 0.3) is 0 Å². The van der Waals surface area contributed by atoms with Gasteiger partial charge in [-0.1, -0.05) is 38.1 Å². The van der Waals surface area contributed by atoms with E-state index in [9.17, 15) is 9.59 Å². The number of nitrogens with one attached hydrogen (secondary N) is 3. The lowest BCUT2D eigenvalue weighted by Crippen LogP contribution is -2.35. The van der Waals surface area contributed by atoms with E-state index in [1.807, 2.05) is 49.4 Å². The van der Waals surface area contributed by atoms with Crippen LogP contribution in [0.4, 0.5) is 16.2 Å². The lowest BCUT2D eigenvalue weighted by atomic mass is 10.0. The van der Waals surface area contributed by atoms with E-state index in [0.717, 1.165) is 5.56 Å². The van der Waals surface area contributed by atoms with Crippen LogP contribution in [0.2, 0.25) is 0 Å². The predicted molar refractivity (Wildman–Crippen MR) is 97.4 cm³/mol. The SMILES string of the molecule is Cc1cccc(NC(=O)CNC(=O)Nc2ccc(C(C)C)cc2)c1. The van der Waals surface area contributed by atoms with Gasteiger partial charge in [0.05, 0.1) is 6.54 Å². The molecule has 5 nitrogen and oxygen atoms in total. The van der Waals surface area contributed by atoms with E-state index < -0.39 is 6.03 Å². The summed E-state index contributed by atoms with van der Waals surface area (Å²) in [6.45, 7) is 6.08. The van der Waals surface area contributed by atoms with Crippen LogP contribution in [0.1, 0.15) is 30.9 Å². The van der Waals surface area contributed by atoms with E-state index in [1.165, 1.54) is 5.56 Å². The van der Waals surface area contributed by atoms with Crippen molar-refractivity contribution in [1.29, 1.82) is 0 Å². The smallest absolute Gasteiger partial charge is 0.319 e. The number of amides is 3. The first-order valence-electron chi connectivity index (χ1n) is 7.95. The van der Waals surface area contributed by atoms with Crippen LogP contribution in [0, 0.1) is 6.92 Å². The first kappa shape index (κ1) is 17.5. The van der Waals surface area contributed by atoms with Crippen molar-refractivity contribution in [3.8, 4) is 0 Å². The largest absolute Gasteiger partial charge is 0.329 e. The van der Waals surface area contributed by atoms with Crippen molar-refractivity contribution < 1.29 is 9.59 Å². The Labute approximate surface area is 142 Å². The van der Waals surface area contributed by atoms with Gasteiger partial charge in [0.2, 0.25) is 5.91 Å². The number of carbonyl (C=O) groups excluding carboxylic acids is 2. The summed E-state index contributed by atoms with van der Waals surface area (Å²) in [5, 5.41) is 7.99. The second-order valence-corrected chi connectivity index (χ2v) is 6.00. The van der Waals surface area contributed by atoms with Gasteiger partial charge in [-0.2, -0.15) is 0 Å². The third-order valence-electron chi connectivity index (χ3n) is 3.55. The van der Waals surface area contributed by atoms with Gasteiger partial charge in [-0.25, -0.2) is 4.79 Å². The minimum atomic E-state index is -0.410.